The van der Waals surface area contributed by atoms with E-state index >= 15 is 0 Å². The van der Waals surface area contributed by atoms with Crippen LogP contribution in [0.5, 0.6) is 0 Å². The highest BCUT2D eigenvalue weighted by molar-refractivity contribution is 5.85. The van der Waals surface area contributed by atoms with E-state index in [1.165, 1.54) is 6.42 Å². The van der Waals surface area contributed by atoms with Crippen molar-refractivity contribution in [1.29, 1.82) is 0 Å². The topological polar surface area (TPSA) is 77.3 Å². The van der Waals surface area contributed by atoms with Crippen LogP contribution < -0.4 is 0 Å². The highest BCUT2D eigenvalue weighted by atomic mass is 16.5. The summed E-state index contributed by atoms with van der Waals surface area (Å²) in [6, 6.07) is 13.9. The lowest BCUT2D eigenvalue weighted by atomic mass is 9.69. The molecule has 198 valence electrons. The number of ether oxygens (including phenoxy) is 1. The number of allylic oxidation sites excluding steroid dienone is 1. The van der Waals surface area contributed by atoms with Crippen molar-refractivity contribution in [2.45, 2.75) is 69.4 Å². The average molecular weight is 513 g/mol. The zero-order chi connectivity index (χ0) is 26.0. The van der Waals surface area contributed by atoms with Gasteiger partial charge in [-0.2, -0.15) is 0 Å². The molecule has 7 heteroatoms. The van der Waals surface area contributed by atoms with Gasteiger partial charge in [-0.15, -0.1) is 5.10 Å². The van der Waals surface area contributed by atoms with Gasteiger partial charge in [-0.25, -0.2) is 4.68 Å². The van der Waals surface area contributed by atoms with Crippen LogP contribution in [0, 0.1) is 5.92 Å². The molecule has 0 unspecified atom stereocenters. The zero-order valence-corrected chi connectivity index (χ0v) is 21.9. The Balaban J connectivity index is 1.15. The number of aryl methyl sites for hydroxylation is 1. The minimum absolute atomic E-state index is 0.00660. The van der Waals surface area contributed by atoms with Gasteiger partial charge in [0.25, 0.3) is 0 Å². The maximum absolute atomic E-state index is 13.8. The van der Waals surface area contributed by atoms with Crippen molar-refractivity contribution in [1.82, 2.24) is 19.9 Å². The van der Waals surface area contributed by atoms with E-state index in [0.717, 1.165) is 93.0 Å². The number of fused-ring (bicyclic) bond motifs is 4. The second-order valence-electron chi connectivity index (χ2n) is 11.2. The molecule has 2 bridgehead atoms. The number of esters is 1. The number of rotatable bonds is 8. The standard InChI is InChI=1S/C31H36N4O3/c36-22-24-10-11-28-27(20-24)32-33-35(28)16-5-2-7-23-8-6-9-26(19-23)31(14-3-1-4-15-31)30(37)38-29-21-34-17-12-25(29)13-18-34/h2,6-11,19-20,22,25,29H,1,3-5,12-18,21H2/b7-2+/t29-/m0/s1. The van der Waals surface area contributed by atoms with Gasteiger partial charge < -0.3 is 4.74 Å². The van der Waals surface area contributed by atoms with E-state index in [1.54, 1.807) is 12.1 Å². The Bertz CT molecular complexity index is 1330. The number of piperidine rings is 3. The Morgan fingerprint density at radius 1 is 1.05 bits per heavy atom. The first-order valence-corrected chi connectivity index (χ1v) is 14.1. The Hall–Kier alpha value is -3.32. The number of nitrogens with zero attached hydrogens (tertiary/aromatic N) is 4. The molecule has 7 nitrogen and oxygen atoms in total. The molecule has 38 heavy (non-hydrogen) atoms. The van der Waals surface area contributed by atoms with Crippen LogP contribution in [-0.4, -0.2) is 57.9 Å². The predicted octanol–water partition coefficient (Wildman–Crippen LogP) is 5.19. The van der Waals surface area contributed by atoms with Crippen molar-refractivity contribution < 1.29 is 14.3 Å². The van der Waals surface area contributed by atoms with Gasteiger partial charge in [-0.05, 0) is 80.4 Å². The fourth-order valence-electron chi connectivity index (χ4n) is 6.64. The van der Waals surface area contributed by atoms with Crippen molar-refractivity contribution >= 4 is 29.4 Å². The third-order valence-corrected chi connectivity index (χ3v) is 8.88. The van der Waals surface area contributed by atoms with Gasteiger partial charge in [0.15, 0.2) is 0 Å². The molecule has 3 saturated heterocycles. The predicted molar refractivity (Wildman–Crippen MR) is 147 cm³/mol. The van der Waals surface area contributed by atoms with E-state index in [1.807, 2.05) is 10.7 Å². The fraction of sp³-hybridized carbons (Fsp3) is 0.484. The molecule has 0 spiro atoms. The molecule has 0 N–H and O–H groups in total. The lowest BCUT2D eigenvalue weighted by Crippen LogP contribution is -2.53. The van der Waals surface area contributed by atoms with Gasteiger partial charge in [-0.3, -0.25) is 14.5 Å². The van der Waals surface area contributed by atoms with Crippen molar-refractivity contribution in [3.05, 3.63) is 65.2 Å². The molecule has 1 aliphatic carbocycles. The summed E-state index contributed by atoms with van der Waals surface area (Å²) in [5.74, 6) is 0.515. The second-order valence-corrected chi connectivity index (χ2v) is 11.2. The van der Waals surface area contributed by atoms with Gasteiger partial charge in [0, 0.05) is 18.7 Å². The lowest BCUT2D eigenvalue weighted by Gasteiger charge is -2.45. The molecule has 7 rings (SSSR count). The fourth-order valence-corrected chi connectivity index (χ4v) is 6.64. The summed E-state index contributed by atoms with van der Waals surface area (Å²) in [5, 5.41) is 8.43. The number of aromatic nitrogens is 3. The SMILES string of the molecule is O=Cc1ccc2c(c1)nnn2CC/C=C/c1cccc(C2(C(=O)O[C@H]3CN4CCC3CC4)CCCCC2)c1. The van der Waals surface area contributed by atoms with Crippen LogP contribution in [0.15, 0.2) is 48.5 Å². The summed E-state index contributed by atoms with van der Waals surface area (Å²) < 4.78 is 8.19. The van der Waals surface area contributed by atoms with Crippen molar-refractivity contribution in [3.8, 4) is 0 Å². The first-order chi connectivity index (χ1) is 18.6. The highest BCUT2D eigenvalue weighted by Crippen LogP contribution is 2.42. The molecule has 0 radical (unpaired) electrons. The first kappa shape index (κ1) is 25.0. The van der Waals surface area contributed by atoms with Crippen LogP contribution in [0.3, 0.4) is 0 Å². The van der Waals surface area contributed by atoms with E-state index in [2.05, 4.69) is 51.6 Å². The Labute approximate surface area is 223 Å². The third-order valence-electron chi connectivity index (χ3n) is 8.88. The van der Waals surface area contributed by atoms with Gasteiger partial charge in [0.1, 0.15) is 17.9 Å². The molecule has 4 fully saturated rings. The van der Waals surface area contributed by atoms with E-state index in [9.17, 15) is 9.59 Å². The smallest absolute Gasteiger partial charge is 0.316 e. The monoisotopic (exact) mass is 512 g/mol. The molecule has 4 heterocycles. The maximum Gasteiger partial charge on any atom is 0.316 e. The number of carbonyl (C=O) groups is 2. The number of hydrogen-bond acceptors (Lipinski definition) is 6. The minimum atomic E-state index is -0.534. The average Bonchev–Trinajstić information content (AvgIpc) is 3.38. The third kappa shape index (κ3) is 4.92. The van der Waals surface area contributed by atoms with Gasteiger partial charge >= 0.3 is 5.97 Å². The van der Waals surface area contributed by atoms with E-state index < -0.39 is 5.41 Å². The number of benzene rings is 2. The summed E-state index contributed by atoms with van der Waals surface area (Å²) in [6.07, 6.45) is 13.3. The van der Waals surface area contributed by atoms with E-state index in [4.69, 9.17) is 4.74 Å². The van der Waals surface area contributed by atoms with Crippen LogP contribution in [0.2, 0.25) is 0 Å². The van der Waals surface area contributed by atoms with Gasteiger partial charge in [0.2, 0.25) is 0 Å². The summed E-state index contributed by atoms with van der Waals surface area (Å²) in [4.78, 5) is 27.3. The first-order valence-electron chi connectivity index (χ1n) is 14.1. The van der Waals surface area contributed by atoms with Crippen LogP contribution in [0.4, 0.5) is 0 Å². The molecule has 4 aliphatic rings. The summed E-state index contributed by atoms with van der Waals surface area (Å²) in [5.41, 5.74) is 3.92. The molecule has 1 aromatic heterocycles. The van der Waals surface area contributed by atoms with Crippen LogP contribution >= 0.6 is 0 Å². The highest BCUT2D eigenvalue weighted by Gasteiger charge is 2.45. The van der Waals surface area contributed by atoms with E-state index in [0.29, 0.717) is 18.0 Å². The molecule has 3 aromatic rings. The summed E-state index contributed by atoms with van der Waals surface area (Å²) in [6.45, 7) is 3.89. The second kappa shape index (κ2) is 10.8. The van der Waals surface area contributed by atoms with Crippen LogP contribution in [-0.2, 0) is 21.5 Å². The molecule has 3 aliphatic heterocycles. The largest absolute Gasteiger partial charge is 0.460 e. The van der Waals surface area contributed by atoms with Gasteiger partial charge in [-0.1, -0.05) is 60.9 Å². The Morgan fingerprint density at radius 3 is 2.66 bits per heavy atom. The molecular weight excluding hydrogens is 476 g/mol. The van der Waals surface area contributed by atoms with Gasteiger partial charge in [0.05, 0.1) is 10.9 Å². The minimum Gasteiger partial charge on any atom is -0.460 e. The zero-order valence-electron chi connectivity index (χ0n) is 21.9. The molecule has 1 saturated carbocycles. The number of carbonyl (C=O) groups excluding carboxylic acids is 2. The molecule has 0 amide bonds. The van der Waals surface area contributed by atoms with Crippen LogP contribution in [0.1, 0.15) is 72.9 Å². The van der Waals surface area contributed by atoms with Crippen molar-refractivity contribution in [2.75, 3.05) is 19.6 Å². The maximum atomic E-state index is 13.8. The number of hydrogen-bond donors (Lipinski definition) is 0. The van der Waals surface area contributed by atoms with E-state index in [-0.39, 0.29) is 12.1 Å². The molecule has 2 aromatic carbocycles. The molecular formula is C31H36N4O3. The summed E-state index contributed by atoms with van der Waals surface area (Å²) >= 11 is 0. The lowest BCUT2D eigenvalue weighted by molar-refractivity contribution is -0.167. The Kier molecular flexibility index (Phi) is 7.11. The Morgan fingerprint density at radius 2 is 1.89 bits per heavy atom. The molecule has 1 atom stereocenters. The van der Waals surface area contributed by atoms with Crippen LogP contribution in [0.25, 0.3) is 17.1 Å². The van der Waals surface area contributed by atoms with Crippen molar-refractivity contribution in [2.24, 2.45) is 5.92 Å². The summed E-state index contributed by atoms with van der Waals surface area (Å²) in [7, 11) is 0. The normalized spacial score (nSPS) is 24.6. The quantitative estimate of drug-likeness (QED) is 0.306. The van der Waals surface area contributed by atoms with Crippen molar-refractivity contribution in [3.63, 3.8) is 0 Å². The number of aldehydes is 1.